The first-order chi connectivity index (χ1) is 13.1. The molecule has 1 amide bonds. The monoisotopic (exact) mass is 358 g/mol. The molecule has 1 atom stereocenters. The van der Waals surface area contributed by atoms with E-state index >= 15 is 0 Å². The second-order valence-corrected chi connectivity index (χ2v) is 7.07. The van der Waals surface area contributed by atoms with Crippen molar-refractivity contribution in [1.29, 1.82) is 0 Å². The van der Waals surface area contributed by atoms with Gasteiger partial charge in [0.15, 0.2) is 0 Å². The summed E-state index contributed by atoms with van der Waals surface area (Å²) in [5.41, 5.74) is 5.32. The number of fused-ring (bicyclic) bond motifs is 1. The van der Waals surface area contributed by atoms with E-state index in [2.05, 4.69) is 5.32 Å². The smallest absolute Gasteiger partial charge is 0.233 e. The van der Waals surface area contributed by atoms with Crippen LogP contribution in [0, 0.1) is 13.8 Å². The molecule has 0 fully saturated rings. The third-order valence-electron chi connectivity index (χ3n) is 5.46. The SMILES string of the molecule is Cc1cccc(NC(=O)[C@H]2CCn3c(C(=O)c4ccccc4)ccc32)c1C. The first kappa shape index (κ1) is 17.3. The van der Waals surface area contributed by atoms with Gasteiger partial charge in [0.25, 0.3) is 0 Å². The van der Waals surface area contributed by atoms with E-state index in [1.54, 1.807) is 0 Å². The predicted octanol–water partition coefficient (Wildman–Crippen LogP) is 4.46. The van der Waals surface area contributed by atoms with Crippen molar-refractivity contribution >= 4 is 17.4 Å². The fourth-order valence-corrected chi connectivity index (χ4v) is 3.75. The number of ketones is 1. The van der Waals surface area contributed by atoms with Crippen LogP contribution in [-0.2, 0) is 11.3 Å². The minimum Gasteiger partial charge on any atom is -0.341 e. The molecule has 4 rings (SSSR count). The van der Waals surface area contributed by atoms with Crippen LogP contribution in [-0.4, -0.2) is 16.3 Å². The van der Waals surface area contributed by atoms with Gasteiger partial charge in [0.1, 0.15) is 0 Å². The van der Waals surface area contributed by atoms with Crippen LogP contribution in [0.3, 0.4) is 0 Å². The van der Waals surface area contributed by atoms with Crippen LogP contribution >= 0.6 is 0 Å². The third-order valence-corrected chi connectivity index (χ3v) is 5.46. The van der Waals surface area contributed by atoms with Crippen molar-refractivity contribution in [1.82, 2.24) is 4.57 Å². The van der Waals surface area contributed by atoms with Crippen molar-refractivity contribution in [2.45, 2.75) is 32.7 Å². The summed E-state index contributed by atoms with van der Waals surface area (Å²) in [7, 11) is 0. The van der Waals surface area contributed by atoms with E-state index in [1.165, 1.54) is 0 Å². The van der Waals surface area contributed by atoms with Crippen molar-refractivity contribution < 1.29 is 9.59 Å². The van der Waals surface area contributed by atoms with Crippen molar-refractivity contribution in [3.8, 4) is 0 Å². The molecular formula is C23H22N2O2. The number of hydrogen-bond acceptors (Lipinski definition) is 2. The Hall–Kier alpha value is -3.14. The molecule has 0 aliphatic carbocycles. The van der Waals surface area contributed by atoms with E-state index in [9.17, 15) is 9.59 Å². The van der Waals surface area contributed by atoms with E-state index in [0.29, 0.717) is 24.2 Å². The molecule has 1 aliphatic heterocycles. The number of benzene rings is 2. The van der Waals surface area contributed by atoms with E-state index in [0.717, 1.165) is 22.5 Å². The molecular weight excluding hydrogens is 336 g/mol. The van der Waals surface area contributed by atoms with Crippen molar-refractivity contribution in [3.63, 3.8) is 0 Å². The maximum Gasteiger partial charge on any atom is 0.233 e. The lowest BCUT2D eigenvalue weighted by Gasteiger charge is -2.14. The summed E-state index contributed by atoms with van der Waals surface area (Å²) in [6.45, 7) is 4.73. The summed E-state index contributed by atoms with van der Waals surface area (Å²) in [4.78, 5) is 25.7. The van der Waals surface area contributed by atoms with Crippen LogP contribution in [0.5, 0.6) is 0 Å². The van der Waals surface area contributed by atoms with E-state index < -0.39 is 0 Å². The van der Waals surface area contributed by atoms with Crippen LogP contribution in [0.15, 0.2) is 60.7 Å². The zero-order chi connectivity index (χ0) is 19.0. The lowest BCUT2D eigenvalue weighted by Crippen LogP contribution is -2.20. The number of carbonyl (C=O) groups is 2. The number of nitrogens with zero attached hydrogens (tertiary/aromatic N) is 1. The molecule has 0 radical (unpaired) electrons. The number of anilines is 1. The summed E-state index contributed by atoms with van der Waals surface area (Å²) in [6, 6.07) is 18.9. The summed E-state index contributed by atoms with van der Waals surface area (Å²) >= 11 is 0. The Morgan fingerprint density at radius 1 is 0.963 bits per heavy atom. The van der Waals surface area contributed by atoms with E-state index in [4.69, 9.17) is 0 Å². The predicted molar refractivity (Wildman–Crippen MR) is 106 cm³/mol. The van der Waals surface area contributed by atoms with Crippen LogP contribution in [0.4, 0.5) is 5.69 Å². The van der Waals surface area contributed by atoms with Gasteiger partial charge in [0, 0.05) is 23.5 Å². The van der Waals surface area contributed by atoms with Crippen molar-refractivity contribution in [2.24, 2.45) is 0 Å². The highest BCUT2D eigenvalue weighted by Crippen LogP contribution is 2.33. The molecule has 27 heavy (non-hydrogen) atoms. The van der Waals surface area contributed by atoms with Gasteiger partial charge in [-0.25, -0.2) is 0 Å². The average molecular weight is 358 g/mol. The number of rotatable bonds is 4. The molecule has 1 N–H and O–H groups in total. The molecule has 2 heterocycles. The standard InChI is InChI=1S/C23H22N2O2/c1-15-7-6-10-19(16(15)2)24-23(27)18-13-14-25-20(18)11-12-21(25)22(26)17-8-4-3-5-9-17/h3-12,18H,13-14H2,1-2H3,(H,24,27)/t18-/m0/s1. The Labute approximate surface area is 158 Å². The number of hydrogen-bond donors (Lipinski definition) is 1. The average Bonchev–Trinajstić information content (AvgIpc) is 3.27. The minimum absolute atomic E-state index is 0.00237. The fourth-order valence-electron chi connectivity index (χ4n) is 3.75. The molecule has 136 valence electrons. The van der Waals surface area contributed by atoms with Crippen LogP contribution < -0.4 is 5.32 Å². The van der Waals surface area contributed by atoms with Gasteiger partial charge in [-0.15, -0.1) is 0 Å². The lowest BCUT2D eigenvalue weighted by atomic mass is 10.0. The molecule has 0 unspecified atom stereocenters. The Balaban J connectivity index is 1.58. The minimum atomic E-state index is -0.234. The number of aromatic nitrogens is 1. The zero-order valence-corrected chi connectivity index (χ0v) is 15.5. The first-order valence-electron chi connectivity index (χ1n) is 9.22. The first-order valence-corrected chi connectivity index (χ1v) is 9.22. The van der Waals surface area contributed by atoms with Gasteiger partial charge in [0.05, 0.1) is 11.6 Å². The van der Waals surface area contributed by atoms with Crippen LogP contribution in [0.1, 0.15) is 45.2 Å². The zero-order valence-electron chi connectivity index (χ0n) is 15.5. The highest BCUT2D eigenvalue weighted by Gasteiger charge is 2.32. The maximum atomic E-state index is 12.9. The fraction of sp³-hybridized carbons (Fsp3) is 0.217. The number of amides is 1. The van der Waals surface area contributed by atoms with Gasteiger partial charge >= 0.3 is 0 Å². The van der Waals surface area contributed by atoms with Crippen molar-refractivity contribution in [3.05, 3.63) is 88.7 Å². The van der Waals surface area contributed by atoms with Gasteiger partial charge < -0.3 is 9.88 Å². The maximum absolute atomic E-state index is 12.9. The normalized spacial score (nSPS) is 15.4. The lowest BCUT2D eigenvalue weighted by molar-refractivity contribution is -0.117. The van der Waals surface area contributed by atoms with Crippen LogP contribution in [0.2, 0.25) is 0 Å². The molecule has 0 spiro atoms. The summed E-state index contributed by atoms with van der Waals surface area (Å²) in [6.07, 6.45) is 0.710. The van der Waals surface area contributed by atoms with Gasteiger partial charge in [-0.3, -0.25) is 9.59 Å². The molecule has 3 aromatic rings. The summed E-state index contributed by atoms with van der Waals surface area (Å²) in [5.74, 6) is -0.251. The van der Waals surface area contributed by atoms with Crippen molar-refractivity contribution in [2.75, 3.05) is 5.32 Å². The summed E-state index contributed by atoms with van der Waals surface area (Å²) in [5, 5.41) is 3.07. The number of carbonyl (C=O) groups excluding carboxylic acids is 2. The van der Waals surface area contributed by atoms with Gasteiger partial charge in [-0.1, -0.05) is 42.5 Å². The van der Waals surface area contributed by atoms with Gasteiger partial charge in [0.2, 0.25) is 11.7 Å². The molecule has 0 bridgehead atoms. The summed E-state index contributed by atoms with van der Waals surface area (Å²) < 4.78 is 1.99. The Bertz CT molecular complexity index is 1020. The number of nitrogens with one attached hydrogen (secondary N) is 1. The van der Waals surface area contributed by atoms with E-state index in [-0.39, 0.29) is 17.6 Å². The Morgan fingerprint density at radius 3 is 2.52 bits per heavy atom. The number of aryl methyl sites for hydroxylation is 1. The molecule has 2 aromatic carbocycles. The quantitative estimate of drug-likeness (QED) is 0.700. The Kier molecular flexibility index (Phi) is 4.40. The van der Waals surface area contributed by atoms with Gasteiger partial charge in [-0.05, 0) is 49.6 Å². The highest BCUT2D eigenvalue weighted by atomic mass is 16.2. The Morgan fingerprint density at radius 2 is 1.74 bits per heavy atom. The second kappa shape index (κ2) is 6.88. The van der Waals surface area contributed by atoms with Gasteiger partial charge in [-0.2, -0.15) is 0 Å². The van der Waals surface area contributed by atoms with E-state index in [1.807, 2.05) is 79.1 Å². The molecule has 0 saturated heterocycles. The second-order valence-electron chi connectivity index (χ2n) is 7.07. The topological polar surface area (TPSA) is 51.1 Å². The largest absolute Gasteiger partial charge is 0.341 e. The molecule has 0 saturated carbocycles. The molecule has 4 nitrogen and oxygen atoms in total. The highest BCUT2D eigenvalue weighted by molar-refractivity contribution is 6.08. The molecule has 4 heteroatoms. The third kappa shape index (κ3) is 3.08. The molecule has 1 aromatic heterocycles. The van der Waals surface area contributed by atoms with Crippen LogP contribution in [0.25, 0.3) is 0 Å². The molecule has 1 aliphatic rings.